The van der Waals surface area contributed by atoms with Crippen LogP contribution in [0, 0.1) is 11.3 Å². The summed E-state index contributed by atoms with van der Waals surface area (Å²) in [6, 6.07) is -0.0466. The molecule has 0 bridgehead atoms. The lowest BCUT2D eigenvalue weighted by Crippen LogP contribution is -2.56. The number of nitrogens with zero attached hydrogens (tertiary/aromatic N) is 1. The maximum absolute atomic E-state index is 12.5. The van der Waals surface area contributed by atoms with Gasteiger partial charge in [0.15, 0.2) is 0 Å². The van der Waals surface area contributed by atoms with Crippen molar-refractivity contribution in [1.29, 1.82) is 0 Å². The van der Waals surface area contributed by atoms with Gasteiger partial charge < -0.3 is 11.1 Å². The highest BCUT2D eigenvalue weighted by Crippen LogP contribution is 2.46. The predicted octanol–water partition coefficient (Wildman–Crippen LogP) is 2.41. The minimum Gasteiger partial charge on any atom is -0.392 e. The van der Waals surface area contributed by atoms with Crippen molar-refractivity contribution in [3.05, 3.63) is 16.6 Å². The number of thiocarbonyl (C=S) groups is 1. The molecule has 2 rings (SSSR count). The Balaban J connectivity index is 2.09. The molecule has 1 aliphatic carbocycles. The molecule has 1 unspecified atom stereocenters. The minimum absolute atomic E-state index is 0.0415. The quantitative estimate of drug-likeness (QED) is 0.819. The first-order valence-corrected chi connectivity index (χ1v) is 7.78. The molecule has 1 aromatic heterocycles. The van der Waals surface area contributed by atoms with Crippen molar-refractivity contribution in [2.45, 2.75) is 39.2 Å². The topological polar surface area (TPSA) is 68.0 Å². The van der Waals surface area contributed by atoms with Gasteiger partial charge in [-0.05, 0) is 25.2 Å². The van der Waals surface area contributed by atoms with Gasteiger partial charge in [-0.25, -0.2) is 4.98 Å². The van der Waals surface area contributed by atoms with Gasteiger partial charge in [0.25, 0.3) is 0 Å². The summed E-state index contributed by atoms with van der Waals surface area (Å²) in [7, 11) is 0. The van der Waals surface area contributed by atoms with Crippen LogP contribution in [0.3, 0.4) is 0 Å². The average molecular weight is 297 g/mol. The number of nitrogens with two attached hydrogens (primary N) is 1. The Labute approximate surface area is 122 Å². The molecule has 1 heterocycles. The van der Waals surface area contributed by atoms with E-state index < -0.39 is 5.41 Å². The van der Waals surface area contributed by atoms with Gasteiger partial charge in [0.2, 0.25) is 5.91 Å². The number of hydrogen-bond acceptors (Lipinski definition) is 4. The summed E-state index contributed by atoms with van der Waals surface area (Å²) < 4.78 is 0. The number of rotatable bonds is 5. The SMILES string of the molecule is CCC(NC(=O)C1(C(N)=S)CC(C)C1)c1nccs1. The van der Waals surface area contributed by atoms with Crippen LogP contribution in [0.15, 0.2) is 11.6 Å². The van der Waals surface area contributed by atoms with Gasteiger partial charge >= 0.3 is 0 Å². The molecule has 3 N–H and O–H groups in total. The van der Waals surface area contributed by atoms with Gasteiger partial charge in [0.1, 0.15) is 5.01 Å². The summed E-state index contributed by atoms with van der Waals surface area (Å²) >= 11 is 6.66. The van der Waals surface area contributed by atoms with Gasteiger partial charge in [-0.1, -0.05) is 26.1 Å². The fourth-order valence-electron chi connectivity index (χ4n) is 2.67. The van der Waals surface area contributed by atoms with E-state index in [1.165, 1.54) is 0 Å². The van der Waals surface area contributed by atoms with Crippen LogP contribution >= 0.6 is 23.6 Å². The van der Waals surface area contributed by atoms with Gasteiger partial charge in [-0.15, -0.1) is 11.3 Å². The Hall–Kier alpha value is -1.01. The van der Waals surface area contributed by atoms with Crippen LogP contribution in [0.5, 0.6) is 0 Å². The summed E-state index contributed by atoms with van der Waals surface area (Å²) in [5.74, 6) is 0.465. The van der Waals surface area contributed by atoms with E-state index in [1.807, 2.05) is 12.3 Å². The highest BCUT2D eigenvalue weighted by molar-refractivity contribution is 7.80. The number of thiazole rings is 1. The second kappa shape index (κ2) is 5.54. The molecule has 1 atom stereocenters. The number of carbonyl (C=O) groups excluding carboxylic acids is 1. The molecule has 19 heavy (non-hydrogen) atoms. The van der Waals surface area contributed by atoms with Crippen LogP contribution in [0.4, 0.5) is 0 Å². The van der Waals surface area contributed by atoms with Crippen molar-refractivity contribution >= 4 is 34.5 Å². The lowest BCUT2D eigenvalue weighted by Gasteiger charge is -2.44. The molecular weight excluding hydrogens is 278 g/mol. The van der Waals surface area contributed by atoms with E-state index >= 15 is 0 Å². The van der Waals surface area contributed by atoms with Crippen LogP contribution in [0.2, 0.25) is 0 Å². The van der Waals surface area contributed by atoms with Crippen LogP contribution in [-0.4, -0.2) is 15.9 Å². The first-order chi connectivity index (χ1) is 8.99. The van der Waals surface area contributed by atoms with Crippen molar-refractivity contribution < 1.29 is 4.79 Å². The van der Waals surface area contributed by atoms with E-state index in [2.05, 4.69) is 17.2 Å². The smallest absolute Gasteiger partial charge is 0.233 e. The number of aromatic nitrogens is 1. The fourth-order valence-corrected chi connectivity index (χ4v) is 3.70. The molecule has 1 aromatic rings. The maximum Gasteiger partial charge on any atom is 0.233 e. The molecule has 0 spiro atoms. The second-order valence-electron chi connectivity index (χ2n) is 5.26. The zero-order valence-electron chi connectivity index (χ0n) is 11.2. The molecule has 104 valence electrons. The largest absolute Gasteiger partial charge is 0.392 e. The van der Waals surface area contributed by atoms with E-state index in [4.69, 9.17) is 18.0 Å². The van der Waals surface area contributed by atoms with Crippen LogP contribution in [-0.2, 0) is 4.79 Å². The van der Waals surface area contributed by atoms with E-state index in [0.29, 0.717) is 10.9 Å². The fraction of sp³-hybridized carbons (Fsp3) is 0.615. The third-order valence-electron chi connectivity index (χ3n) is 3.76. The summed E-state index contributed by atoms with van der Waals surface area (Å²) in [6.45, 7) is 4.14. The molecule has 1 saturated carbocycles. The molecule has 0 aromatic carbocycles. The van der Waals surface area contributed by atoms with Crippen LogP contribution in [0.1, 0.15) is 44.2 Å². The molecule has 4 nitrogen and oxygen atoms in total. The highest BCUT2D eigenvalue weighted by atomic mass is 32.1. The van der Waals surface area contributed by atoms with Gasteiger partial charge in [-0.3, -0.25) is 4.79 Å². The zero-order chi connectivity index (χ0) is 14.0. The Kier molecular flexibility index (Phi) is 4.20. The second-order valence-corrected chi connectivity index (χ2v) is 6.63. The van der Waals surface area contributed by atoms with Gasteiger partial charge in [-0.2, -0.15) is 0 Å². The minimum atomic E-state index is -0.639. The summed E-state index contributed by atoms with van der Waals surface area (Å²) in [6.07, 6.45) is 4.07. The average Bonchev–Trinajstić information content (AvgIpc) is 2.84. The molecule has 0 saturated heterocycles. The third-order valence-corrected chi connectivity index (χ3v) is 5.04. The maximum atomic E-state index is 12.5. The Bertz CT molecular complexity index is 466. The summed E-state index contributed by atoms with van der Waals surface area (Å²) in [4.78, 5) is 17.1. The number of amides is 1. The van der Waals surface area contributed by atoms with Crippen LogP contribution < -0.4 is 11.1 Å². The third kappa shape index (κ3) is 2.65. The standard InChI is InChI=1S/C13H19N3OS2/c1-3-9(10-15-4-5-19-10)16-12(17)13(11(14)18)6-8(2)7-13/h4-5,8-9H,3,6-7H2,1-2H3,(H2,14,18)(H,16,17). The van der Waals surface area contributed by atoms with Crippen molar-refractivity contribution in [3.63, 3.8) is 0 Å². The Morgan fingerprint density at radius 2 is 2.42 bits per heavy atom. The molecule has 1 fully saturated rings. The first kappa shape index (κ1) is 14.4. The first-order valence-electron chi connectivity index (χ1n) is 6.50. The summed E-state index contributed by atoms with van der Waals surface area (Å²) in [5.41, 5.74) is 5.15. The predicted molar refractivity (Wildman–Crippen MR) is 80.9 cm³/mol. The van der Waals surface area contributed by atoms with E-state index in [9.17, 15) is 4.79 Å². The molecule has 1 amide bonds. The normalized spacial score (nSPS) is 27.4. The molecule has 6 heteroatoms. The Morgan fingerprint density at radius 1 is 1.74 bits per heavy atom. The number of nitrogens with one attached hydrogen (secondary N) is 1. The molecule has 0 radical (unpaired) electrons. The zero-order valence-corrected chi connectivity index (χ0v) is 12.8. The van der Waals surface area contributed by atoms with E-state index in [0.717, 1.165) is 24.3 Å². The monoisotopic (exact) mass is 297 g/mol. The number of carbonyl (C=O) groups is 1. The van der Waals surface area contributed by atoms with Crippen LogP contribution in [0.25, 0.3) is 0 Å². The van der Waals surface area contributed by atoms with Crippen molar-refractivity contribution in [1.82, 2.24) is 10.3 Å². The van der Waals surface area contributed by atoms with Crippen molar-refractivity contribution in [3.8, 4) is 0 Å². The van der Waals surface area contributed by atoms with Crippen molar-refractivity contribution in [2.75, 3.05) is 0 Å². The van der Waals surface area contributed by atoms with Gasteiger partial charge in [0, 0.05) is 11.6 Å². The van der Waals surface area contributed by atoms with Gasteiger partial charge in [0.05, 0.1) is 16.4 Å². The molecule has 0 aliphatic heterocycles. The van der Waals surface area contributed by atoms with Crippen molar-refractivity contribution in [2.24, 2.45) is 17.1 Å². The summed E-state index contributed by atoms with van der Waals surface area (Å²) in [5, 5.41) is 5.90. The molecule has 1 aliphatic rings. The lowest BCUT2D eigenvalue weighted by molar-refractivity contribution is -0.133. The highest BCUT2D eigenvalue weighted by Gasteiger charge is 2.51. The Morgan fingerprint density at radius 3 is 2.84 bits per heavy atom. The lowest BCUT2D eigenvalue weighted by atomic mass is 9.62. The van der Waals surface area contributed by atoms with E-state index in [1.54, 1.807) is 17.5 Å². The molecular formula is C13H19N3OS2. The number of hydrogen-bond donors (Lipinski definition) is 2. The van der Waals surface area contributed by atoms with E-state index in [-0.39, 0.29) is 11.9 Å².